The van der Waals surface area contributed by atoms with Gasteiger partial charge in [-0.2, -0.15) is 5.10 Å². The van der Waals surface area contributed by atoms with E-state index in [2.05, 4.69) is 30.7 Å². The molecule has 3 aromatic rings. The number of fused-ring (bicyclic) bond motifs is 1. The lowest BCUT2D eigenvalue weighted by atomic mass is 10.1. The van der Waals surface area contributed by atoms with Crippen LogP contribution in [0, 0.1) is 0 Å². The Morgan fingerprint density at radius 2 is 2.10 bits per heavy atom. The van der Waals surface area contributed by atoms with Gasteiger partial charge in [0.25, 0.3) is 6.43 Å². The smallest absolute Gasteiger partial charge is 0.272 e. The van der Waals surface area contributed by atoms with Gasteiger partial charge in [-0.3, -0.25) is 4.98 Å². The third-order valence-corrected chi connectivity index (χ3v) is 5.44. The van der Waals surface area contributed by atoms with Crippen LogP contribution in [0.25, 0.3) is 17.0 Å². The Morgan fingerprint density at radius 1 is 1.23 bits per heavy atom. The largest absolute Gasteiger partial charge is 0.485 e. The third-order valence-electron chi connectivity index (χ3n) is 5.44. The molecule has 0 spiro atoms. The lowest BCUT2D eigenvalue weighted by Gasteiger charge is -2.27. The zero-order chi connectivity index (χ0) is 21.4. The average Bonchev–Trinajstić information content (AvgIpc) is 3.53. The summed E-state index contributed by atoms with van der Waals surface area (Å²) in [7, 11) is 0. The van der Waals surface area contributed by atoms with Gasteiger partial charge in [-0.15, -0.1) is 0 Å². The number of alkyl halides is 3. The van der Waals surface area contributed by atoms with Crippen LogP contribution in [0.15, 0.2) is 24.7 Å². The lowest BCUT2D eigenvalue weighted by molar-refractivity contribution is 0.0811. The first-order chi connectivity index (χ1) is 15.1. The van der Waals surface area contributed by atoms with E-state index in [0.29, 0.717) is 53.8 Å². The molecule has 11 heteroatoms. The highest BCUT2D eigenvalue weighted by atomic mass is 19.3. The highest BCUT2D eigenvalue weighted by Gasteiger charge is 2.30. The molecule has 1 saturated carbocycles. The van der Waals surface area contributed by atoms with Crippen LogP contribution in [0.5, 0.6) is 5.75 Å². The highest BCUT2D eigenvalue weighted by Crippen LogP contribution is 2.43. The number of hydrogen-bond donors (Lipinski definition) is 2. The van der Waals surface area contributed by atoms with Gasteiger partial charge in [-0.1, -0.05) is 0 Å². The van der Waals surface area contributed by atoms with Crippen LogP contribution < -0.4 is 15.4 Å². The fraction of sp³-hybridized carbons (Fsp3) is 0.500. The van der Waals surface area contributed by atoms with Crippen molar-refractivity contribution in [2.24, 2.45) is 0 Å². The molecule has 0 bridgehead atoms. The van der Waals surface area contributed by atoms with Crippen molar-refractivity contribution in [1.29, 1.82) is 0 Å². The number of hydrogen-bond acceptors (Lipinski definition) is 7. The summed E-state index contributed by atoms with van der Waals surface area (Å²) >= 11 is 0. The quantitative estimate of drug-likeness (QED) is 0.592. The van der Waals surface area contributed by atoms with Crippen molar-refractivity contribution < 1.29 is 17.9 Å². The monoisotopic (exact) mass is 433 g/mol. The van der Waals surface area contributed by atoms with E-state index in [1.54, 1.807) is 29.2 Å². The summed E-state index contributed by atoms with van der Waals surface area (Å²) in [6, 6.07) is 1.25. The molecule has 2 unspecified atom stereocenters. The van der Waals surface area contributed by atoms with Crippen molar-refractivity contribution in [3.8, 4) is 17.1 Å². The van der Waals surface area contributed by atoms with Crippen LogP contribution in [0.3, 0.4) is 0 Å². The number of ether oxygens (including phenoxy) is 1. The molecule has 0 amide bonds. The summed E-state index contributed by atoms with van der Waals surface area (Å²) in [5.74, 6) is 0.988. The van der Waals surface area contributed by atoms with Crippen molar-refractivity contribution in [3.63, 3.8) is 0 Å². The molecule has 1 aliphatic heterocycles. The first-order valence-electron chi connectivity index (χ1n) is 10.3. The van der Waals surface area contributed by atoms with Crippen molar-refractivity contribution in [3.05, 3.63) is 30.4 Å². The van der Waals surface area contributed by atoms with Crippen LogP contribution in [0.4, 0.5) is 19.0 Å². The molecule has 2 atom stereocenters. The first-order valence-corrected chi connectivity index (χ1v) is 10.3. The van der Waals surface area contributed by atoms with Gasteiger partial charge in [0.15, 0.2) is 5.65 Å². The van der Waals surface area contributed by atoms with Gasteiger partial charge < -0.3 is 15.4 Å². The van der Waals surface area contributed by atoms with Gasteiger partial charge in [-0.25, -0.2) is 27.7 Å². The number of imidazole rings is 1. The molecule has 4 heterocycles. The summed E-state index contributed by atoms with van der Waals surface area (Å²) < 4.78 is 46.3. The van der Waals surface area contributed by atoms with Gasteiger partial charge in [0.1, 0.15) is 41.4 Å². The number of halogens is 3. The molecule has 5 rings (SSSR count). The predicted octanol–water partition coefficient (Wildman–Crippen LogP) is 2.82. The van der Waals surface area contributed by atoms with Crippen molar-refractivity contribution in [1.82, 2.24) is 29.9 Å². The minimum absolute atomic E-state index is 0.187. The van der Waals surface area contributed by atoms with E-state index in [-0.39, 0.29) is 12.0 Å². The Bertz CT molecular complexity index is 1070. The van der Waals surface area contributed by atoms with Crippen molar-refractivity contribution in [2.45, 2.75) is 43.8 Å². The van der Waals surface area contributed by atoms with Crippen molar-refractivity contribution in [2.75, 3.05) is 25.0 Å². The molecule has 2 fully saturated rings. The van der Waals surface area contributed by atoms with Gasteiger partial charge >= 0.3 is 0 Å². The first kappa shape index (κ1) is 20.0. The standard InChI is InChI=1S/C20H22F3N7O/c21-12-3-4-24-6-13(12)27-18-9-25-7-14(28-18)15-8-26-19-5-16(31-10-17(22)23)20(11-1-2-11)29-30(15)19/h5,7-9,11-13,17,24H,1-4,6,10H2,(H,27,28). The highest BCUT2D eigenvalue weighted by molar-refractivity contribution is 5.61. The van der Waals surface area contributed by atoms with Crippen molar-refractivity contribution >= 4 is 11.5 Å². The van der Waals surface area contributed by atoms with E-state index in [4.69, 9.17) is 4.74 Å². The maximum absolute atomic E-state index is 14.2. The molecule has 1 aliphatic carbocycles. The summed E-state index contributed by atoms with van der Waals surface area (Å²) in [6.45, 7) is 0.483. The molecule has 0 aromatic carbocycles. The van der Waals surface area contributed by atoms with Gasteiger partial charge in [0.2, 0.25) is 0 Å². The van der Waals surface area contributed by atoms with Crippen LogP contribution in [0.1, 0.15) is 30.9 Å². The summed E-state index contributed by atoms with van der Waals surface area (Å²) in [6.07, 6.45) is 3.53. The average molecular weight is 433 g/mol. The second kappa shape index (κ2) is 8.29. The maximum atomic E-state index is 14.2. The zero-order valence-corrected chi connectivity index (χ0v) is 16.6. The maximum Gasteiger partial charge on any atom is 0.272 e. The Morgan fingerprint density at radius 3 is 2.87 bits per heavy atom. The van der Waals surface area contributed by atoms with E-state index in [1.165, 1.54) is 0 Å². The molecular formula is C20H22F3N7O. The number of anilines is 1. The van der Waals surface area contributed by atoms with Gasteiger partial charge in [0.05, 0.1) is 24.6 Å². The van der Waals surface area contributed by atoms with Crippen LogP contribution in [0.2, 0.25) is 0 Å². The van der Waals surface area contributed by atoms with Crippen LogP contribution in [-0.4, -0.2) is 62.9 Å². The number of piperidine rings is 1. The predicted molar refractivity (Wildman–Crippen MR) is 107 cm³/mol. The normalized spacial score (nSPS) is 21.5. The Labute approximate surface area is 176 Å². The van der Waals surface area contributed by atoms with E-state index in [1.807, 2.05) is 0 Å². The molecule has 1 saturated heterocycles. The Kier molecular flexibility index (Phi) is 5.34. The van der Waals surface area contributed by atoms with Crippen LogP contribution >= 0.6 is 0 Å². The summed E-state index contributed by atoms with van der Waals surface area (Å²) in [5.41, 5.74) is 2.23. The number of rotatable bonds is 7. The molecule has 3 aromatic heterocycles. The SMILES string of the molecule is FC(F)COc1cc2ncc(-c3cncc(NC4CNCCC4F)n3)n2nc1C1CC1. The summed E-state index contributed by atoms with van der Waals surface area (Å²) in [4.78, 5) is 13.1. The minimum atomic E-state index is -2.56. The van der Waals surface area contributed by atoms with E-state index < -0.39 is 19.2 Å². The zero-order valence-electron chi connectivity index (χ0n) is 16.6. The topological polar surface area (TPSA) is 89.3 Å². The fourth-order valence-corrected chi connectivity index (χ4v) is 3.71. The molecular weight excluding hydrogens is 411 g/mol. The molecule has 0 radical (unpaired) electrons. The van der Waals surface area contributed by atoms with Gasteiger partial charge in [-0.05, 0) is 25.8 Å². The molecule has 164 valence electrons. The van der Waals surface area contributed by atoms with Crippen LogP contribution in [-0.2, 0) is 0 Å². The van der Waals surface area contributed by atoms with E-state index >= 15 is 0 Å². The summed E-state index contributed by atoms with van der Waals surface area (Å²) in [5, 5.41) is 10.9. The second-order valence-corrected chi connectivity index (χ2v) is 7.83. The van der Waals surface area contributed by atoms with E-state index in [0.717, 1.165) is 12.8 Å². The fourth-order valence-electron chi connectivity index (χ4n) is 3.71. The Balaban J connectivity index is 1.45. The van der Waals surface area contributed by atoms with Gasteiger partial charge in [0, 0.05) is 18.5 Å². The molecule has 2 N–H and O–H groups in total. The number of nitrogens with zero attached hydrogens (tertiary/aromatic N) is 5. The minimum Gasteiger partial charge on any atom is -0.485 e. The Hall–Kier alpha value is -2.95. The van der Waals surface area contributed by atoms with E-state index in [9.17, 15) is 13.2 Å². The number of aromatic nitrogens is 5. The molecule has 31 heavy (non-hydrogen) atoms. The molecule has 8 nitrogen and oxygen atoms in total. The third kappa shape index (κ3) is 4.27. The number of nitrogens with one attached hydrogen (secondary N) is 2. The molecule has 2 aliphatic rings. The second-order valence-electron chi connectivity index (χ2n) is 7.83. The lowest BCUT2D eigenvalue weighted by Crippen LogP contribution is -2.46.